The summed E-state index contributed by atoms with van der Waals surface area (Å²) >= 11 is 3.59. The first-order valence-electron chi connectivity index (χ1n) is 11.4. The SMILES string of the molecule is COC(=O)c1cccc2c1OCC(NC(=O)OC(C)(C)C)C(=O)N2Cc1ccc(Br)c2ccccc12. The van der Waals surface area contributed by atoms with Crippen molar-refractivity contribution in [2.24, 2.45) is 0 Å². The summed E-state index contributed by atoms with van der Waals surface area (Å²) in [4.78, 5) is 40.3. The summed E-state index contributed by atoms with van der Waals surface area (Å²) in [7, 11) is 1.28. The summed E-state index contributed by atoms with van der Waals surface area (Å²) < 4.78 is 17.2. The fourth-order valence-corrected chi connectivity index (χ4v) is 4.53. The van der Waals surface area contributed by atoms with E-state index in [1.165, 1.54) is 12.0 Å². The zero-order valence-corrected chi connectivity index (χ0v) is 22.0. The Morgan fingerprint density at radius 2 is 1.81 bits per heavy atom. The van der Waals surface area contributed by atoms with Crippen molar-refractivity contribution in [3.05, 3.63) is 70.2 Å². The van der Waals surface area contributed by atoms with Gasteiger partial charge in [-0.3, -0.25) is 4.79 Å². The van der Waals surface area contributed by atoms with Crippen LogP contribution in [0.5, 0.6) is 5.75 Å². The molecule has 0 saturated heterocycles. The number of carbonyl (C=O) groups is 3. The Labute approximate surface area is 217 Å². The fraction of sp³-hybridized carbons (Fsp3) is 0.296. The van der Waals surface area contributed by atoms with E-state index in [4.69, 9.17) is 14.2 Å². The Morgan fingerprint density at radius 3 is 2.50 bits per heavy atom. The Kier molecular flexibility index (Phi) is 7.21. The number of carbonyl (C=O) groups excluding carboxylic acids is 3. The second-order valence-electron chi connectivity index (χ2n) is 9.33. The van der Waals surface area contributed by atoms with Gasteiger partial charge in [0.15, 0.2) is 5.75 Å². The monoisotopic (exact) mass is 554 g/mol. The summed E-state index contributed by atoms with van der Waals surface area (Å²) in [6.45, 7) is 5.21. The van der Waals surface area contributed by atoms with E-state index in [2.05, 4.69) is 21.2 Å². The molecule has 2 amide bonds. The lowest BCUT2D eigenvalue weighted by molar-refractivity contribution is -0.121. The summed E-state index contributed by atoms with van der Waals surface area (Å²) in [6.07, 6.45) is -0.738. The summed E-state index contributed by atoms with van der Waals surface area (Å²) in [5.74, 6) is -0.770. The highest BCUT2D eigenvalue weighted by atomic mass is 79.9. The van der Waals surface area contributed by atoms with E-state index in [9.17, 15) is 14.4 Å². The normalized spacial score (nSPS) is 15.5. The van der Waals surface area contributed by atoms with Crippen molar-refractivity contribution in [1.82, 2.24) is 5.32 Å². The number of anilines is 1. The minimum absolute atomic E-state index is 0.181. The number of amides is 2. The third-order valence-corrected chi connectivity index (χ3v) is 6.32. The highest BCUT2D eigenvalue weighted by molar-refractivity contribution is 9.10. The van der Waals surface area contributed by atoms with Crippen LogP contribution in [0.2, 0.25) is 0 Å². The van der Waals surface area contributed by atoms with Crippen molar-refractivity contribution in [1.29, 1.82) is 0 Å². The Bertz CT molecular complexity index is 1330. The number of benzene rings is 3. The molecule has 1 aliphatic heterocycles. The number of hydrogen-bond acceptors (Lipinski definition) is 6. The molecular formula is C27H27BrN2O6. The third kappa shape index (κ3) is 5.31. The van der Waals surface area contributed by atoms with Gasteiger partial charge >= 0.3 is 12.1 Å². The summed E-state index contributed by atoms with van der Waals surface area (Å²) in [5, 5.41) is 4.59. The molecule has 9 heteroatoms. The van der Waals surface area contributed by atoms with Crippen molar-refractivity contribution in [3.8, 4) is 5.75 Å². The van der Waals surface area contributed by atoms with Crippen molar-refractivity contribution in [2.75, 3.05) is 18.6 Å². The molecule has 1 atom stereocenters. The number of halogens is 1. The number of fused-ring (bicyclic) bond motifs is 2. The van der Waals surface area contributed by atoms with Crippen LogP contribution < -0.4 is 15.0 Å². The molecule has 8 nitrogen and oxygen atoms in total. The lowest BCUT2D eigenvalue weighted by atomic mass is 10.0. The van der Waals surface area contributed by atoms with E-state index in [0.29, 0.717) is 5.69 Å². The number of hydrogen-bond donors (Lipinski definition) is 1. The molecule has 4 rings (SSSR count). The van der Waals surface area contributed by atoms with Crippen LogP contribution in [0.15, 0.2) is 59.1 Å². The van der Waals surface area contributed by atoms with Crippen LogP contribution in [0.3, 0.4) is 0 Å². The molecule has 188 valence electrons. The number of rotatable bonds is 4. The molecule has 0 aromatic heterocycles. The van der Waals surface area contributed by atoms with Crippen molar-refractivity contribution >= 4 is 50.4 Å². The lowest BCUT2D eigenvalue weighted by Gasteiger charge is -2.27. The van der Waals surface area contributed by atoms with Gasteiger partial charge in [0.1, 0.15) is 23.8 Å². The van der Waals surface area contributed by atoms with Crippen LogP contribution in [-0.4, -0.2) is 43.3 Å². The fourth-order valence-electron chi connectivity index (χ4n) is 4.05. The Morgan fingerprint density at radius 1 is 1.08 bits per heavy atom. The van der Waals surface area contributed by atoms with Gasteiger partial charge in [-0.15, -0.1) is 0 Å². The van der Waals surface area contributed by atoms with Crippen LogP contribution in [0.25, 0.3) is 10.8 Å². The minimum atomic E-state index is -1.04. The van der Waals surface area contributed by atoms with E-state index >= 15 is 0 Å². The zero-order chi connectivity index (χ0) is 26.0. The number of ether oxygens (including phenoxy) is 3. The van der Waals surface area contributed by atoms with E-state index in [0.717, 1.165) is 20.8 Å². The highest BCUT2D eigenvalue weighted by Gasteiger charge is 2.36. The summed E-state index contributed by atoms with van der Waals surface area (Å²) in [6, 6.07) is 15.6. The predicted octanol–water partition coefficient (Wildman–Crippen LogP) is 5.21. The van der Waals surface area contributed by atoms with Gasteiger partial charge in [0.05, 0.1) is 19.3 Å². The number of nitrogens with zero attached hydrogens (tertiary/aromatic N) is 1. The van der Waals surface area contributed by atoms with E-state index < -0.39 is 29.6 Å². The van der Waals surface area contributed by atoms with Crippen LogP contribution >= 0.6 is 15.9 Å². The Hall–Kier alpha value is -3.59. The molecule has 0 bridgehead atoms. The van der Waals surface area contributed by atoms with Gasteiger partial charge in [-0.2, -0.15) is 0 Å². The summed E-state index contributed by atoms with van der Waals surface area (Å²) in [5.41, 5.74) is 0.736. The predicted molar refractivity (Wildman–Crippen MR) is 139 cm³/mol. The molecule has 3 aromatic carbocycles. The van der Waals surface area contributed by atoms with Gasteiger partial charge in [0.25, 0.3) is 5.91 Å². The highest BCUT2D eigenvalue weighted by Crippen LogP contribution is 2.37. The Balaban J connectivity index is 1.78. The largest absolute Gasteiger partial charge is 0.488 e. The molecule has 1 N–H and O–H groups in total. The number of esters is 1. The average Bonchev–Trinajstić information content (AvgIpc) is 2.96. The minimum Gasteiger partial charge on any atom is -0.488 e. The quantitative estimate of drug-likeness (QED) is 0.445. The second-order valence-corrected chi connectivity index (χ2v) is 10.2. The number of alkyl carbamates (subject to hydrolysis) is 1. The first-order chi connectivity index (χ1) is 17.1. The maximum Gasteiger partial charge on any atom is 0.408 e. The van der Waals surface area contributed by atoms with E-state index in [1.54, 1.807) is 39.0 Å². The van der Waals surface area contributed by atoms with Gasteiger partial charge in [0.2, 0.25) is 0 Å². The number of para-hydroxylation sites is 1. The van der Waals surface area contributed by atoms with Crippen molar-refractivity contribution in [2.45, 2.75) is 39.0 Å². The molecule has 3 aromatic rings. The van der Waals surface area contributed by atoms with Crippen LogP contribution in [0.4, 0.5) is 10.5 Å². The van der Waals surface area contributed by atoms with Crippen LogP contribution in [0, 0.1) is 0 Å². The maximum absolute atomic E-state index is 13.8. The zero-order valence-electron chi connectivity index (χ0n) is 20.5. The molecule has 1 aliphatic rings. The smallest absolute Gasteiger partial charge is 0.408 e. The second kappa shape index (κ2) is 10.2. The van der Waals surface area contributed by atoms with Crippen LogP contribution in [0.1, 0.15) is 36.7 Å². The molecule has 0 radical (unpaired) electrons. The molecule has 0 spiro atoms. The molecule has 36 heavy (non-hydrogen) atoms. The molecule has 0 saturated carbocycles. The van der Waals surface area contributed by atoms with Crippen molar-refractivity contribution < 1.29 is 28.6 Å². The van der Waals surface area contributed by atoms with Gasteiger partial charge in [-0.05, 0) is 55.3 Å². The average molecular weight is 555 g/mol. The molecule has 0 aliphatic carbocycles. The first kappa shape index (κ1) is 25.5. The first-order valence-corrected chi connectivity index (χ1v) is 12.2. The molecule has 1 heterocycles. The molecule has 0 fully saturated rings. The van der Waals surface area contributed by atoms with Crippen molar-refractivity contribution in [3.63, 3.8) is 0 Å². The van der Waals surface area contributed by atoms with E-state index in [-0.39, 0.29) is 24.5 Å². The number of nitrogens with one attached hydrogen (secondary N) is 1. The third-order valence-electron chi connectivity index (χ3n) is 5.63. The topological polar surface area (TPSA) is 94.2 Å². The number of methoxy groups -OCH3 is 1. The van der Waals surface area contributed by atoms with Gasteiger partial charge in [-0.1, -0.05) is 52.3 Å². The van der Waals surface area contributed by atoms with Gasteiger partial charge in [0, 0.05) is 4.47 Å². The van der Waals surface area contributed by atoms with Crippen LogP contribution in [-0.2, 0) is 20.8 Å². The van der Waals surface area contributed by atoms with E-state index in [1.807, 2.05) is 36.4 Å². The van der Waals surface area contributed by atoms with Gasteiger partial charge in [-0.25, -0.2) is 9.59 Å². The molecule has 1 unspecified atom stereocenters. The standard InChI is InChI=1S/C27H27BrN2O6/c1-27(2,3)36-26(33)29-21-15-35-23-19(25(32)34-4)10-7-11-22(23)30(24(21)31)14-16-12-13-20(28)18-9-6-5-8-17(16)18/h5-13,21H,14-15H2,1-4H3,(H,29,33). The van der Waals surface area contributed by atoms with Gasteiger partial charge < -0.3 is 24.4 Å². The maximum atomic E-state index is 13.8. The molecular weight excluding hydrogens is 528 g/mol. The lowest BCUT2D eigenvalue weighted by Crippen LogP contribution is -2.51.